The Morgan fingerprint density at radius 2 is 1.23 bits per heavy atom. The van der Waals surface area contributed by atoms with E-state index >= 15 is 0 Å². The standard InChI is InChI=1S/C21H25.C13H10.C11H17.2ClH.Zr/c1-20(2,3)16-7-9-18-14(12-16)11-15-13-17(21(4,5)6)8-10-19(15)18;1-3-7-12(8-4-1)11-13-9-5-2-6-10-13;1-5-9-6-7-10(8-9)11(2,3)4;;;/h7-10,12H,11H2,1-6H3;1-10H;7-9H,5H2,1-4H3;2*1H;. The molecule has 4 aromatic rings. The Hall–Kier alpha value is -2.31. The Bertz CT molecular complexity index is 1830. The van der Waals surface area contributed by atoms with Gasteiger partial charge in [-0.15, -0.1) is 24.8 Å². The summed E-state index contributed by atoms with van der Waals surface area (Å²) in [6.45, 7) is 23.9. The van der Waals surface area contributed by atoms with Crippen LogP contribution in [0.2, 0.25) is 0 Å². The molecule has 0 spiro atoms. The van der Waals surface area contributed by atoms with Gasteiger partial charge in [0.1, 0.15) is 0 Å². The third-order valence-electron chi connectivity index (χ3n) is 10.1. The van der Waals surface area contributed by atoms with E-state index in [0.717, 1.165) is 12.8 Å². The van der Waals surface area contributed by atoms with E-state index in [-0.39, 0.29) is 41.1 Å². The smallest absolute Gasteiger partial charge is 0.147 e. The maximum Gasteiger partial charge on any atom is -0.147 e. The zero-order chi connectivity index (χ0) is 33.0. The summed E-state index contributed by atoms with van der Waals surface area (Å²) in [6.07, 6.45) is 7.48. The average Bonchev–Trinajstić information content (AvgIpc) is 3.61. The van der Waals surface area contributed by atoms with Crippen molar-refractivity contribution in [2.75, 3.05) is 0 Å². The molecule has 0 bridgehead atoms. The fourth-order valence-corrected chi connectivity index (χ4v) is 17.1. The summed E-state index contributed by atoms with van der Waals surface area (Å²) >= 11 is -2.93. The van der Waals surface area contributed by atoms with Crippen LogP contribution in [0.25, 0.3) is 11.1 Å². The first kappa shape index (κ1) is 38.5. The SMILES string of the molecule is CCC1C=C(C(C)(C)C)C=[C]1[Zr](=[C](c1ccccc1)c1ccccc1)[c]1c(C(C)(C)C)ccc2c1Cc1cc(C(C)(C)C)ccc1-2.Cl.Cl. The van der Waals surface area contributed by atoms with Crippen molar-refractivity contribution in [3.8, 4) is 11.1 Å². The van der Waals surface area contributed by atoms with Crippen LogP contribution in [0.3, 0.4) is 0 Å². The topological polar surface area (TPSA) is 0 Å². The molecule has 0 aromatic heterocycles. The first-order valence-electron chi connectivity index (χ1n) is 17.3. The predicted molar refractivity (Wildman–Crippen MR) is 212 cm³/mol. The molecule has 0 fully saturated rings. The molecular formula is C45H54Cl2Zr. The van der Waals surface area contributed by atoms with Gasteiger partial charge in [0, 0.05) is 0 Å². The van der Waals surface area contributed by atoms with Crippen LogP contribution >= 0.6 is 24.8 Å². The second kappa shape index (κ2) is 14.5. The van der Waals surface area contributed by atoms with Crippen LogP contribution in [-0.4, -0.2) is 3.21 Å². The van der Waals surface area contributed by atoms with Crippen molar-refractivity contribution >= 4 is 31.3 Å². The van der Waals surface area contributed by atoms with Crippen LogP contribution in [0.1, 0.15) is 109 Å². The van der Waals surface area contributed by atoms with E-state index in [0.29, 0.717) is 5.92 Å². The molecule has 1 atom stereocenters. The van der Waals surface area contributed by atoms with Gasteiger partial charge in [-0.1, -0.05) is 0 Å². The van der Waals surface area contributed by atoms with Crippen molar-refractivity contribution in [3.05, 3.63) is 145 Å². The average molecular weight is 757 g/mol. The summed E-state index contributed by atoms with van der Waals surface area (Å²) < 4.78 is 5.07. The van der Waals surface area contributed by atoms with Gasteiger partial charge in [0.25, 0.3) is 0 Å². The molecule has 0 radical (unpaired) electrons. The van der Waals surface area contributed by atoms with Crippen molar-refractivity contribution in [1.82, 2.24) is 0 Å². The minimum Gasteiger partial charge on any atom is -0.147 e. The molecule has 2 aliphatic rings. The Morgan fingerprint density at radius 3 is 1.73 bits per heavy atom. The van der Waals surface area contributed by atoms with E-state index in [2.05, 4.69) is 172 Å². The van der Waals surface area contributed by atoms with Crippen molar-refractivity contribution in [1.29, 1.82) is 0 Å². The van der Waals surface area contributed by atoms with E-state index in [1.807, 2.05) is 0 Å². The zero-order valence-electron chi connectivity index (χ0n) is 30.6. The fourth-order valence-electron chi connectivity index (χ4n) is 7.42. The molecule has 0 saturated heterocycles. The molecule has 6 rings (SSSR count). The first-order valence-corrected chi connectivity index (χ1v) is 21.0. The maximum atomic E-state index is 2.68. The number of benzene rings is 4. The predicted octanol–water partition coefficient (Wildman–Crippen LogP) is 12.1. The van der Waals surface area contributed by atoms with Gasteiger partial charge in [-0.2, -0.15) is 0 Å². The van der Waals surface area contributed by atoms with Crippen LogP contribution in [0.15, 0.2) is 112 Å². The van der Waals surface area contributed by atoms with Crippen molar-refractivity contribution in [2.24, 2.45) is 11.3 Å². The Morgan fingerprint density at radius 1 is 0.667 bits per heavy atom. The summed E-state index contributed by atoms with van der Waals surface area (Å²) in [5, 5.41) is 0. The van der Waals surface area contributed by atoms with E-state index in [1.165, 1.54) is 39.0 Å². The van der Waals surface area contributed by atoms with E-state index in [1.54, 1.807) is 20.9 Å². The molecule has 0 heterocycles. The van der Waals surface area contributed by atoms with Gasteiger partial charge in [0.05, 0.1) is 0 Å². The van der Waals surface area contributed by atoms with Crippen molar-refractivity contribution < 1.29 is 21.3 Å². The van der Waals surface area contributed by atoms with Gasteiger partial charge in [-0.3, -0.25) is 0 Å². The third kappa shape index (κ3) is 7.41. The number of hydrogen-bond donors (Lipinski definition) is 0. The van der Waals surface area contributed by atoms with Gasteiger partial charge in [-0.05, 0) is 0 Å². The number of hydrogen-bond acceptors (Lipinski definition) is 0. The first-order chi connectivity index (χ1) is 21.7. The summed E-state index contributed by atoms with van der Waals surface area (Å²) in [5.74, 6) is 0.478. The Kier molecular flexibility index (Phi) is 11.6. The molecule has 0 amide bonds. The van der Waals surface area contributed by atoms with Gasteiger partial charge >= 0.3 is 288 Å². The van der Waals surface area contributed by atoms with E-state index < -0.39 is 21.3 Å². The quantitative estimate of drug-likeness (QED) is 0.168. The molecule has 0 saturated carbocycles. The monoisotopic (exact) mass is 754 g/mol. The summed E-state index contributed by atoms with van der Waals surface area (Å²) in [5.41, 5.74) is 13.6. The minimum atomic E-state index is -2.93. The summed E-state index contributed by atoms with van der Waals surface area (Å²) in [4.78, 5) is 0. The molecule has 0 nitrogen and oxygen atoms in total. The number of fused-ring (bicyclic) bond motifs is 3. The summed E-state index contributed by atoms with van der Waals surface area (Å²) in [6, 6.07) is 35.1. The molecule has 0 aliphatic heterocycles. The van der Waals surface area contributed by atoms with Crippen molar-refractivity contribution in [3.63, 3.8) is 0 Å². The van der Waals surface area contributed by atoms with Crippen LogP contribution in [-0.2, 0) is 38.5 Å². The van der Waals surface area contributed by atoms with Gasteiger partial charge in [0.15, 0.2) is 0 Å². The maximum absolute atomic E-state index is 2.93. The van der Waals surface area contributed by atoms with Gasteiger partial charge in [0.2, 0.25) is 0 Å². The van der Waals surface area contributed by atoms with Gasteiger partial charge < -0.3 is 0 Å². The minimum absolute atomic E-state index is 0. The molecule has 0 N–H and O–H groups in total. The molecule has 4 aromatic carbocycles. The Labute approximate surface area is 311 Å². The fraction of sp³-hybridized carbons (Fsp3) is 0.356. The number of allylic oxidation sites excluding steroid dienone is 4. The molecule has 2 aliphatic carbocycles. The van der Waals surface area contributed by atoms with Gasteiger partial charge in [-0.25, -0.2) is 0 Å². The van der Waals surface area contributed by atoms with E-state index in [4.69, 9.17) is 0 Å². The molecule has 3 heteroatoms. The van der Waals surface area contributed by atoms with Crippen molar-refractivity contribution in [2.45, 2.75) is 92.9 Å². The molecule has 48 heavy (non-hydrogen) atoms. The summed E-state index contributed by atoms with van der Waals surface area (Å²) in [7, 11) is 0. The zero-order valence-corrected chi connectivity index (χ0v) is 34.7. The van der Waals surface area contributed by atoms with Crippen LogP contribution in [0, 0.1) is 11.3 Å². The van der Waals surface area contributed by atoms with E-state index in [9.17, 15) is 0 Å². The second-order valence-electron chi connectivity index (χ2n) is 16.5. The number of halogens is 2. The van der Waals surface area contributed by atoms with Crippen LogP contribution in [0.5, 0.6) is 0 Å². The Balaban J connectivity index is 0.00000260. The second-order valence-corrected chi connectivity index (χ2v) is 22.3. The largest absolute Gasteiger partial charge is 0.147 e. The van der Waals surface area contributed by atoms with Crippen LogP contribution < -0.4 is 3.27 Å². The molecule has 1 unspecified atom stereocenters. The van der Waals surface area contributed by atoms with Crippen LogP contribution in [0.4, 0.5) is 0 Å². The molecular weight excluding hydrogens is 703 g/mol. The molecule has 252 valence electrons. The third-order valence-corrected chi connectivity index (χ3v) is 18.0. The number of rotatable bonds is 5. The normalized spacial score (nSPS) is 15.4.